The van der Waals surface area contributed by atoms with Crippen LogP contribution in [-0.2, 0) is 19.4 Å². The summed E-state index contributed by atoms with van der Waals surface area (Å²) >= 11 is 0. The lowest BCUT2D eigenvalue weighted by Gasteiger charge is -2.21. The third-order valence-electron chi connectivity index (χ3n) is 4.63. The zero-order valence-electron chi connectivity index (χ0n) is 15.5. The second kappa shape index (κ2) is 7.55. The molecule has 0 saturated heterocycles. The highest BCUT2D eigenvalue weighted by atomic mass is 32.2. The van der Waals surface area contributed by atoms with Gasteiger partial charge in [0, 0.05) is 17.7 Å². The predicted octanol–water partition coefficient (Wildman–Crippen LogP) is 2.43. The molecule has 1 atom stereocenters. The first-order chi connectivity index (χ1) is 13.2. The summed E-state index contributed by atoms with van der Waals surface area (Å²) < 4.78 is 25.3. The number of fused-ring (bicyclic) bond motifs is 1. The maximum Gasteiger partial charge on any atom is 0.244 e. The van der Waals surface area contributed by atoms with Crippen molar-refractivity contribution in [3.8, 4) is 0 Å². The summed E-state index contributed by atoms with van der Waals surface area (Å²) in [6, 6.07) is 12.6. The summed E-state index contributed by atoms with van der Waals surface area (Å²) in [6.07, 6.45) is -0.197. The van der Waals surface area contributed by atoms with Crippen molar-refractivity contribution >= 4 is 38.8 Å². The van der Waals surface area contributed by atoms with Gasteiger partial charge in [-0.3, -0.25) is 14.4 Å². The Morgan fingerprint density at radius 3 is 2.39 bits per heavy atom. The molecular weight excluding hydrogens is 380 g/mol. The molecule has 0 radical (unpaired) electrons. The van der Waals surface area contributed by atoms with Crippen LogP contribution in [0.1, 0.15) is 30.6 Å². The van der Waals surface area contributed by atoms with E-state index in [1.807, 2.05) is 0 Å². The Balaban J connectivity index is 1.85. The lowest BCUT2D eigenvalue weighted by Crippen LogP contribution is -2.38. The van der Waals surface area contributed by atoms with Crippen LogP contribution >= 0.6 is 0 Å². The smallest absolute Gasteiger partial charge is 0.244 e. The Bertz CT molecular complexity index is 1040. The summed E-state index contributed by atoms with van der Waals surface area (Å²) in [5.41, 5.74) is 1.21. The van der Waals surface area contributed by atoms with E-state index in [-0.39, 0.29) is 29.3 Å². The van der Waals surface area contributed by atoms with Gasteiger partial charge in [0.25, 0.3) is 0 Å². The molecule has 0 spiro atoms. The van der Waals surface area contributed by atoms with E-state index in [1.165, 1.54) is 30.9 Å². The van der Waals surface area contributed by atoms with Gasteiger partial charge in [-0.15, -0.1) is 0 Å². The van der Waals surface area contributed by atoms with Gasteiger partial charge in [0.1, 0.15) is 6.54 Å². The van der Waals surface area contributed by atoms with E-state index in [9.17, 15) is 22.8 Å². The van der Waals surface area contributed by atoms with Crippen molar-refractivity contribution in [1.82, 2.24) is 0 Å². The van der Waals surface area contributed by atoms with Crippen molar-refractivity contribution in [2.45, 2.75) is 30.4 Å². The Kier molecular flexibility index (Phi) is 5.33. The lowest BCUT2D eigenvalue weighted by molar-refractivity contribution is -0.121. The van der Waals surface area contributed by atoms with Crippen LogP contribution in [0, 0.1) is 0 Å². The number of hydrogen-bond donors (Lipinski definition) is 1. The number of para-hydroxylation sites is 1. The van der Waals surface area contributed by atoms with Crippen LogP contribution in [0.15, 0.2) is 53.4 Å². The number of amides is 2. The summed E-state index contributed by atoms with van der Waals surface area (Å²) in [7, 11) is -3.66. The molecule has 0 saturated carbocycles. The fraction of sp³-hybridized carbons (Fsp3) is 0.250. The fourth-order valence-electron chi connectivity index (χ4n) is 3.04. The Morgan fingerprint density at radius 2 is 1.75 bits per heavy atom. The largest absolute Gasteiger partial charge is 0.325 e. The monoisotopic (exact) mass is 400 g/mol. The minimum atomic E-state index is -3.66. The first kappa shape index (κ1) is 19.8. The molecule has 2 aromatic carbocycles. The first-order valence-corrected chi connectivity index (χ1v) is 10.3. The number of sulfone groups is 1. The van der Waals surface area contributed by atoms with E-state index in [2.05, 4.69) is 5.32 Å². The van der Waals surface area contributed by atoms with E-state index >= 15 is 0 Å². The van der Waals surface area contributed by atoms with Gasteiger partial charge in [-0.05, 0) is 50.2 Å². The van der Waals surface area contributed by atoms with Gasteiger partial charge in [-0.2, -0.15) is 0 Å². The molecular formula is C20H20N2O5S. The molecule has 28 heavy (non-hydrogen) atoms. The van der Waals surface area contributed by atoms with Crippen molar-refractivity contribution in [3.05, 3.63) is 54.1 Å². The van der Waals surface area contributed by atoms with Crippen LogP contribution in [0.4, 0.5) is 11.4 Å². The van der Waals surface area contributed by atoms with Crippen molar-refractivity contribution in [1.29, 1.82) is 0 Å². The Hall–Kier alpha value is -3.00. The van der Waals surface area contributed by atoms with Crippen molar-refractivity contribution < 1.29 is 22.8 Å². The second-order valence-electron chi connectivity index (χ2n) is 6.69. The summed E-state index contributed by atoms with van der Waals surface area (Å²) in [5.74, 6) is -0.978. The normalized spacial score (nSPS) is 18.1. The zero-order valence-corrected chi connectivity index (χ0v) is 16.3. The van der Waals surface area contributed by atoms with E-state index in [0.29, 0.717) is 11.3 Å². The number of ketones is 1. The zero-order chi connectivity index (χ0) is 20.5. The minimum Gasteiger partial charge on any atom is -0.325 e. The van der Waals surface area contributed by atoms with Gasteiger partial charge < -0.3 is 10.2 Å². The molecule has 1 aliphatic rings. The molecule has 0 aliphatic carbocycles. The average molecular weight is 400 g/mol. The van der Waals surface area contributed by atoms with Crippen LogP contribution < -0.4 is 10.2 Å². The highest BCUT2D eigenvalue weighted by Gasteiger charge is 2.36. The van der Waals surface area contributed by atoms with Crippen LogP contribution in [0.25, 0.3) is 0 Å². The average Bonchev–Trinajstić information content (AvgIpc) is 2.72. The van der Waals surface area contributed by atoms with Gasteiger partial charge in [-0.1, -0.05) is 12.1 Å². The molecule has 1 aliphatic heterocycles. The summed E-state index contributed by atoms with van der Waals surface area (Å²) in [4.78, 5) is 37.7. The van der Waals surface area contributed by atoms with E-state index in [4.69, 9.17) is 0 Å². The third-order valence-corrected chi connectivity index (χ3v) is 6.82. The third kappa shape index (κ3) is 3.82. The van der Waals surface area contributed by atoms with E-state index in [0.717, 1.165) is 0 Å². The van der Waals surface area contributed by atoms with Crippen molar-refractivity contribution in [3.63, 3.8) is 0 Å². The molecule has 1 unspecified atom stereocenters. The number of anilines is 2. The maximum absolute atomic E-state index is 12.7. The molecule has 0 aromatic heterocycles. The predicted molar refractivity (Wildman–Crippen MR) is 105 cm³/mol. The SMILES string of the molecule is CC(=O)c1ccc(NC(=O)CN2C(=O)CC(C)S(=O)(=O)c3ccccc32)cc1. The molecule has 2 amide bonds. The Labute approximate surface area is 163 Å². The number of nitrogens with one attached hydrogen (secondary N) is 1. The summed E-state index contributed by atoms with van der Waals surface area (Å²) in [6.45, 7) is 2.63. The van der Waals surface area contributed by atoms with E-state index in [1.54, 1.807) is 36.4 Å². The maximum atomic E-state index is 12.7. The Morgan fingerprint density at radius 1 is 1.11 bits per heavy atom. The number of nitrogens with zero attached hydrogens (tertiary/aromatic N) is 1. The number of hydrogen-bond acceptors (Lipinski definition) is 5. The van der Waals surface area contributed by atoms with Crippen LogP contribution in [0.2, 0.25) is 0 Å². The van der Waals surface area contributed by atoms with Gasteiger partial charge >= 0.3 is 0 Å². The molecule has 1 heterocycles. The molecule has 1 N–H and O–H groups in total. The van der Waals surface area contributed by atoms with E-state index < -0.39 is 26.9 Å². The van der Waals surface area contributed by atoms with Crippen LogP contribution in [0.3, 0.4) is 0 Å². The number of carbonyl (C=O) groups is 3. The van der Waals surface area contributed by atoms with Gasteiger partial charge in [0.05, 0.1) is 15.8 Å². The molecule has 7 nitrogen and oxygen atoms in total. The minimum absolute atomic E-state index is 0.0481. The van der Waals surface area contributed by atoms with Crippen molar-refractivity contribution in [2.24, 2.45) is 0 Å². The fourth-order valence-corrected chi connectivity index (χ4v) is 4.58. The van der Waals surface area contributed by atoms with Crippen LogP contribution in [-0.4, -0.2) is 37.8 Å². The van der Waals surface area contributed by atoms with Gasteiger partial charge in [0.15, 0.2) is 15.6 Å². The molecule has 146 valence electrons. The molecule has 0 bridgehead atoms. The number of benzene rings is 2. The molecule has 2 aromatic rings. The highest BCUT2D eigenvalue weighted by molar-refractivity contribution is 7.92. The summed E-state index contributed by atoms with van der Waals surface area (Å²) in [5, 5.41) is 1.80. The first-order valence-electron chi connectivity index (χ1n) is 8.74. The van der Waals surface area contributed by atoms with Gasteiger partial charge in [-0.25, -0.2) is 8.42 Å². The standard InChI is InChI=1S/C20H20N2O5S/c1-13-11-20(25)22(17-5-3-4-6-18(17)28(13,26)27)12-19(24)21-16-9-7-15(8-10-16)14(2)23/h3-10,13H,11-12H2,1-2H3,(H,21,24). The van der Waals surface area contributed by atoms with Crippen molar-refractivity contribution in [2.75, 3.05) is 16.8 Å². The van der Waals surface area contributed by atoms with Crippen LogP contribution in [0.5, 0.6) is 0 Å². The quantitative estimate of drug-likeness (QED) is 0.795. The highest BCUT2D eigenvalue weighted by Crippen LogP contribution is 2.33. The molecule has 0 fully saturated rings. The number of rotatable bonds is 4. The van der Waals surface area contributed by atoms with Gasteiger partial charge in [0.2, 0.25) is 11.8 Å². The molecule has 3 rings (SSSR count). The number of carbonyl (C=O) groups excluding carboxylic acids is 3. The number of Topliss-reactive ketones (excluding diaryl/α,β-unsaturated/α-hetero) is 1. The second-order valence-corrected chi connectivity index (χ2v) is 9.02. The lowest BCUT2D eigenvalue weighted by atomic mass is 10.1. The topological polar surface area (TPSA) is 101 Å². The molecule has 8 heteroatoms.